The van der Waals surface area contributed by atoms with Crippen LogP contribution in [0.25, 0.3) is 11.1 Å². The molecule has 18 heavy (non-hydrogen) atoms. The van der Waals surface area contributed by atoms with Gasteiger partial charge in [-0.25, -0.2) is 4.39 Å². The van der Waals surface area contributed by atoms with Gasteiger partial charge in [-0.05, 0) is 29.8 Å². The first-order chi connectivity index (χ1) is 8.65. The van der Waals surface area contributed by atoms with Crippen LogP contribution in [0.2, 0.25) is 0 Å². The zero-order chi connectivity index (χ0) is 13.1. The van der Waals surface area contributed by atoms with Gasteiger partial charge in [0.15, 0.2) is 11.5 Å². The number of halogens is 1. The fourth-order valence-corrected chi connectivity index (χ4v) is 1.70. The maximum Gasteiger partial charge on any atom is 0.161 e. The van der Waals surface area contributed by atoms with E-state index in [1.165, 1.54) is 26.4 Å². The van der Waals surface area contributed by atoms with Gasteiger partial charge in [-0.15, -0.1) is 0 Å². The Kier molecular flexibility index (Phi) is 3.37. The van der Waals surface area contributed by atoms with Gasteiger partial charge >= 0.3 is 0 Å². The van der Waals surface area contributed by atoms with Crippen molar-refractivity contribution in [3.63, 3.8) is 0 Å². The summed E-state index contributed by atoms with van der Waals surface area (Å²) in [4.78, 5) is 0. The van der Waals surface area contributed by atoms with E-state index in [9.17, 15) is 9.50 Å². The van der Waals surface area contributed by atoms with E-state index >= 15 is 0 Å². The Morgan fingerprint density at radius 3 is 2.39 bits per heavy atom. The molecule has 0 aliphatic heterocycles. The highest BCUT2D eigenvalue weighted by Gasteiger charge is 2.09. The van der Waals surface area contributed by atoms with Gasteiger partial charge in [-0.3, -0.25) is 0 Å². The number of rotatable bonds is 3. The lowest BCUT2D eigenvalue weighted by Crippen LogP contribution is -1.89. The summed E-state index contributed by atoms with van der Waals surface area (Å²) in [5.74, 6) is 0.405. The Balaban J connectivity index is 2.48. The number of benzene rings is 2. The Labute approximate surface area is 104 Å². The van der Waals surface area contributed by atoms with E-state index in [4.69, 9.17) is 9.47 Å². The van der Waals surface area contributed by atoms with Crippen LogP contribution in [-0.2, 0) is 0 Å². The highest BCUT2D eigenvalue weighted by molar-refractivity contribution is 5.68. The Bertz CT molecular complexity index is 567. The van der Waals surface area contributed by atoms with E-state index in [0.717, 1.165) is 0 Å². The second kappa shape index (κ2) is 4.96. The first-order valence-corrected chi connectivity index (χ1v) is 5.36. The lowest BCUT2D eigenvalue weighted by molar-refractivity contribution is 0.373. The third-order valence-corrected chi connectivity index (χ3v) is 2.67. The highest BCUT2D eigenvalue weighted by atomic mass is 19.1. The quantitative estimate of drug-likeness (QED) is 0.906. The fraction of sp³-hybridized carbons (Fsp3) is 0.143. The van der Waals surface area contributed by atoms with Crippen molar-refractivity contribution in [2.24, 2.45) is 0 Å². The fourth-order valence-electron chi connectivity index (χ4n) is 1.70. The predicted molar refractivity (Wildman–Crippen MR) is 66.6 cm³/mol. The molecule has 0 atom stereocenters. The van der Waals surface area contributed by atoms with Crippen molar-refractivity contribution in [2.45, 2.75) is 0 Å². The minimum atomic E-state index is -0.387. The number of phenolic OH excluding ortho intramolecular Hbond substituents is 1. The molecule has 0 unspecified atom stereocenters. The van der Waals surface area contributed by atoms with Gasteiger partial charge < -0.3 is 14.6 Å². The summed E-state index contributed by atoms with van der Waals surface area (Å²) in [5, 5.41) is 9.49. The zero-order valence-corrected chi connectivity index (χ0v) is 10.1. The van der Waals surface area contributed by atoms with Crippen LogP contribution in [0, 0.1) is 5.82 Å². The van der Waals surface area contributed by atoms with Gasteiger partial charge in [-0.2, -0.15) is 0 Å². The number of ether oxygens (including phenoxy) is 2. The zero-order valence-electron chi connectivity index (χ0n) is 10.1. The van der Waals surface area contributed by atoms with E-state index in [1.807, 2.05) is 0 Å². The monoisotopic (exact) mass is 248 g/mol. The molecule has 1 N–H and O–H groups in total. The maximum atomic E-state index is 13.9. The molecule has 0 spiro atoms. The molecule has 0 bridgehead atoms. The number of phenols is 1. The minimum absolute atomic E-state index is 0.0233. The third kappa shape index (κ3) is 2.22. The minimum Gasteiger partial charge on any atom is -0.504 e. The van der Waals surface area contributed by atoms with Crippen LogP contribution >= 0.6 is 0 Å². The van der Waals surface area contributed by atoms with Crippen molar-refractivity contribution in [1.82, 2.24) is 0 Å². The topological polar surface area (TPSA) is 38.7 Å². The third-order valence-electron chi connectivity index (χ3n) is 2.67. The molecule has 0 aromatic heterocycles. The first kappa shape index (κ1) is 12.2. The lowest BCUT2D eigenvalue weighted by atomic mass is 10.0. The molecule has 2 aromatic carbocycles. The molecule has 0 saturated carbocycles. The number of hydrogen-bond donors (Lipinski definition) is 1. The summed E-state index contributed by atoms with van der Waals surface area (Å²) in [5.41, 5.74) is 1.05. The Morgan fingerprint density at radius 2 is 1.78 bits per heavy atom. The normalized spacial score (nSPS) is 10.2. The molecule has 0 fully saturated rings. The molecule has 0 amide bonds. The smallest absolute Gasteiger partial charge is 0.161 e. The predicted octanol–water partition coefficient (Wildman–Crippen LogP) is 3.22. The molecular weight excluding hydrogens is 235 g/mol. The molecule has 2 rings (SSSR count). The highest BCUT2D eigenvalue weighted by Crippen LogP contribution is 2.33. The largest absolute Gasteiger partial charge is 0.504 e. The van der Waals surface area contributed by atoms with Crippen LogP contribution in [0.4, 0.5) is 4.39 Å². The summed E-state index contributed by atoms with van der Waals surface area (Å²) in [6.07, 6.45) is 0. The second-order valence-corrected chi connectivity index (χ2v) is 3.73. The van der Waals surface area contributed by atoms with Gasteiger partial charge in [0.1, 0.15) is 11.6 Å². The van der Waals surface area contributed by atoms with Crippen molar-refractivity contribution in [2.75, 3.05) is 14.2 Å². The molecular formula is C14H13FO3. The van der Waals surface area contributed by atoms with Gasteiger partial charge in [0.05, 0.1) is 14.2 Å². The van der Waals surface area contributed by atoms with Crippen molar-refractivity contribution in [3.8, 4) is 28.4 Å². The van der Waals surface area contributed by atoms with Crippen LogP contribution in [0.3, 0.4) is 0 Å². The van der Waals surface area contributed by atoms with Gasteiger partial charge in [-0.1, -0.05) is 6.07 Å². The molecule has 3 nitrogen and oxygen atoms in total. The van der Waals surface area contributed by atoms with Gasteiger partial charge in [0, 0.05) is 11.6 Å². The number of hydrogen-bond acceptors (Lipinski definition) is 3. The van der Waals surface area contributed by atoms with E-state index in [0.29, 0.717) is 22.6 Å². The molecule has 2 aromatic rings. The number of aromatic hydroxyl groups is 1. The molecule has 0 aliphatic carbocycles. The summed E-state index contributed by atoms with van der Waals surface area (Å²) >= 11 is 0. The van der Waals surface area contributed by atoms with Crippen molar-refractivity contribution < 1.29 is 19.0 Å². The van der Waals surface area contributed by atoms with E-state index in [1.54, 1.807) is 24.3 Å². The molecule has 0 heterocycles. The summed E-state index contributed by atoms with van der Waals surface area (Å²) in [6.45, 7) is 0. The first-order valence-electron chi connectivity index (χ1n) is 5.36. The van der Waals surface area contributed by atoms with Crippen molar-refractivity contribution in [3.05, 3.63) is 42.2 Å². The maximum absolute atomic E-state index is 13.9. The summed E-state index contributed by atoms with van der Waals surface area (Å²) in [7, 11) is 2.93. The Hall–Kier alpha value is -2.23. The average Bonchev–Trinajstić information content (AvgIpc) is 2.39. The van der Waals surface area contributed by atoms with E-state index in [2.05, 4.69) is 0 Å². The van der Waals surface area contributed by atoms with Gasteiger partial charge in [0.25, 0.3) is 0 Å². The van der Waals surface area contributed by atoms with Gasteiger partial charge in [0.2, 0.25) is 0 Å². The van der Waals surface area contributed by atoms with Crippen LogP contribution in [0.15, 0.2) is 36.4 Å². The molecule has 94 valence electrons. The van der Waals surface area contributed by atoms with E-state index < -0.39 is 0 Å². The van der Waals surface area contributed by atoms with Crippen LogP contribution in [0.1, 0.15) is 0 Å². The number of methoxy groups -OCH3 is 2. The van der Waals surface area contributed by atoms with E-state index in [-0.39, 0.29) is 11.6 Å². The van der Waals surface area contributed by atoms with Crippen LogP contribution < -0.4 is 9.47 Å². The van der Waals surface area contributed by atoms with Crippen LogP contribution in [-0.4, -0.2) is 19.3 Å². The SMILES string of the molecule is COc1ccc(-c2ccc(O)c(OC)c2)c(F)c1. The summed E-state index contributed by atoms with van der Waals surface area (Å²) in [6, 6.07) is 9.30. The Morgan fingerprint density at radius 1 is 1.00 bits per heavy atom. The molecule has 0 aliphatic rings. The average molecular weight is 248 g/mol. The lowest BCUT2D eigenvalue weighted by Gasteiger charge is -2.08. The van der Waals surface area contributed by atoms with Crippen molar-refractivity contribution >= 4 is 0 Å². The standard InChI is InChI=1S/C14H13FO3/c1-17-10-4-5-11(12(15)8-10)9-3-6-13(16)14(7-9)18-2/h3-8,16H,1-2H3. The second-order valence-electron chi connectivity index (χ2n) is 3.73. The molecule has 0 saturated heterocycles. The summed E-state index contributed by atoms with van der Waals surface area (Å²) < 4.78 is 23.8. The molecule has 0 radical (unpaired) electrons. The molecule has 4 heteroatoms. The van der Waals surface area contributed by atoms with Crippen molar-refractivity contribution in [1.29, 1.82) is 0 Å². The van der Waals surface area contributed by atoms with Crippen LogP contribution in [0.5, 0.6) is 17.2 Å².